The monoisotopic (exact) mass is 1050 g/mol. The first kappa shape index (κ1) is 67.0. The van der Waals surface area contributed by atoms with Crippen molar-refractivity contribution < 1.29 is 43.0 Å². The first-order chi connectivity index (χ1) is 33.1. The number of thioether (sulfide) groups is 1. The SMILES string of the molecule is C=C1CNCCN1C(C)(C)C.CC(C)(C)N1CCCC1=O.CC(C)(C)N1CCCOC1=O.CC(C)(C)N1CCNC1=O.CC(C)(C)N1CCOC1=O.CC(C)(C)N1CCOCC1=O.CC(C)(C)N1CCSC1=O. The van der Waals surface area contributed by atoms with Gasteiger partial charge in [-0.3, -0.25) is 19.3 Å². The van der Waals surface area contributed by atoms with Crippen LogP contribution in [0.15, 0.2) is 12.3 Å². The number of carbonyl (C=O) groups excluding carboxylic acids is 6. The van der Waals surface area contributed by atoms with Crippen LogP contribution in [0.25, 0.3) is 0 Å². The maximum atomic E-state index is 11.2. The fourth-order valence-electron chi connectivity index (χ4n) is 8.35. The van der Waals surface area contributed by atoms with Gasteiger partial charge >= 0.3 is 18.2 Å². The third-order valence-corrected chi connectivity index (χ3v) is 13.2. The molecule has 0 spiro atoms. The Hall–Kier alpha value is -3.97. The molecule has 18 nitrogen and oxygen atoms in total. The highest BCUT2D eigenvalue weighted by Gasteiger charge is 2.34. The average Bonchev–Trinajstić information content (AvgIpc) is 4.07. The summed E-state index contributed by atoms with van der Waals surface area (Å²) < 4.78 is 14.7. The molecule has 0 aromatic carbocycles. The number of likely N-dealkylation sites (tertiary alicyclic amines) is 1. The van der Waals surface area contributed by atoms with Crippen molar-refractivity contribution >= 4 is 47.0 Å². The molecule has 0 aromatic rings. The number of hydrogen-bond donors (Lipinski definition) is 2. The van der Waals surface area contributed by atoms with Crippen molar-refractivity contribution in [1.29, 1.82) is 0 Å². The molecule has 0 unspecified atom stereocenters. The van der Waals surface area contributed by atoms with Gasteiger partial charge < -0.3 is 54.2 Å². The van der Waals surface area contributed by atoms with Crippen LogP contribution in [0.1, 0.15) is 165 Å². The summed E-state index contributed by atoms with van der Waals surface area (Å²) in [4.78, 5) is 80.0. The number of amides is 7. The number of morpholine rings is 1. The number of ether oxygens (including phenoxy) is 3. The lowest BCUT2D eigenvalue weighted by Gasteiger charge is -2.42. The van der Waals surface area contributed by atoms with Gasteiger partial charge in [0, 0.05) is 116 Å². The zero-order chi connectivity index (χ0) is 56.6. The third kappa shape index (κ3) is 24.1. The summed E-state index contributed by atoms with van der Waals surface area (Å²) in [7, 11) is 0. The molecule has 73 heavy (non-hydrogen) atoms. The molecule has 7 aliphatic heterocycles. The van der Waals surface area contributed by atoms with Crippen LogP contribution in [0.4, 0.5) is 19.2 Å². The van der Waals surface area contributed by atoms with Crippen molar-refractivity contribution in [2.24, 2.45) is 0 Å². The number of nitrogens with one attached hydrogen (secondary N) is 2. The van der Waals surface area contributed by atoms with Crippen molar-refractivity contribution in [3.63, 3.8) is 0 Å². The maximum Gasteiger partial charge on any atom is 0.410 e. The van der Waals surface area contributed by atoms with Gasteiger partial charge in [-0.05, 0) is 158 Å². The highest BCUT2D eigenvalue weighted by molar-refractivity contribution is 8.13. The van der Waals surface area contributed by atoms with Crippen molar-refractivity contribution in [3.8, 4) is 0 Å². The Bertz CT molecular complexity index is 1560. The molecule has 7 saturated heterocycles. The smallest absolute Gasteiger partial charge is 0.410 e. The van der Waals surface area contributed by atoms with Crippen LogP contribution in [0, 0.1) is 0 Å². The second kappa shape index (κ2) is 28.2. The Kier molecular flexibility index (Phi) is 25.9. The molecule has 0 aliphatic carbocycles. The van der Waals surface area contributed by atoms with Crippen LogP contribution in [-0.2, 0) is 23.8 Å². The topological polar surface area (TPSA) is 177 Å². The van der Waals surface area contributed by atoms with E-state index in [0.29, 0.717) is 25.7 Å². The summed E-state index contributed by atoms with van der Waals surface area (Å²) in [5, 5.41) is 6.29. The number of cyclic esters (lactones) is 2. The first-order valence-corrected chi connectivity index (χ1v) is 27.3. The standard InChI is InChI=1S/C9H18N2.2C8H15NO2.C8H15NO.C7H14N2O.C7H13NO2.C7H13NOS/c1-8-7-10-5-6-11(8)9(2,3)4;1-8(2,3)9-4-5-11-6-7(9)10;1-8(2,3)9-5-4-6-11-7(9)10;1-8(2,3)9-6-4-5-7(9)10;1-7(2,3)9-5-4-8-6(9)10;2*1-7(2,3)8-4-5-10-6(8)9/h10H,1,5-7H2,2-4H3;2*4-6H2,1-3H3;4-6H2,1-3H3;4-5H2,1-3H3,(H,8,10);2*4-5H2,1-3H3. The van der Waals surface area contributed by atoms with Gasteiger partial charge in [-0.2, -0.15) is 0 Å². The Labute approximate surface area is 446 Å². The molecule has 7 heterocycles. The van der Waals surface area contributed by atoms with E-state index in [1.165, 1.54) is 17.5 Å². The normalized spacial score (nSPS) is 20.1. The number of urea groups is 1. The van der Waals surface area contributed by atoms with Gasteiger partial charge in [0.25, 0.3) is 5.24 Å². The summed E-state index contributed by atoms with van der Waals surface area (Å²) in [6, 6.07) is 0.0625. The molecule has 424 valence electrons. The van der Waals surface area contributed by atoms with E-state index < -0.39 is 0 Å². The Balaban J connectivity index is 0.000000426. The number of piperazine rings is 1. The molecule has 0 atom stereocenters. The fraction of sp³-hybridized carbons (Fsp3) is 0.852. The minimum atomic E-state index is -0.187. The number of carbonyl (C=O) groups is 6. The molecule has 0 aromatic heterocycles. The van der Waals surface area contributed by atoms with E-state index in [0.717, 1.165) is 90.5 Å². The van der Waals surface area contributed by atoms with E-state index in [2.05, 4.69) is 84.4 Å². The predicted molar refractivity (Wildman–Crippen MR) is 296 cm³/mol. The van der Waals surface area contributed by atoms with Crippen molar-refractivity contribution in [2.75, 3.05) is 97.6 Å². The molecular weight excluding hydrogens is 951 g/mol. The van der Waals surface area contributed by atoms with E-state index in [1.54, 1.807) is 9.80 Å². The summed E-state index contributed by atoms with van der Waals surface area (Å²) >= 11 is 1.42. The molecule has 0 saturated carbocycles. The van der Waals surface area contributed by atoms with Gasteiger partial charge in [0.2, 0.25) is 11.8 Å². The maximum absolute atomic E-state index is 11.2. The van der Waals surface area contributed by atoms with Gasteiger partial charge in [0.1, 0.15) is 13.2 Å². The molecule has 0 bridgehead atoms. The van der Waals surface area contributed by atoms with E-state index in [-0.39, 0.29) is 74.7 Å². The molecule has 2 N–H and O–H groups in total. The summed E-state index contributed by atoms with van der Waals surface area (Å²) in [6.45, 7) is 58.3. The molecule has 7 rings (SSSR count). The molecule has 0 radical (unpaired) electrons. The van der Waals surface area contributed by atoms with E-state index in [9.17, 15) is 28.8 Å². The van der Waals surface area contributed by atoms with Crippen molar-refractivity contribution in [3.05, 3.63) is 12.3 Å². The van der Waals surface area contributed by atoms with E-state index >= 15 is 0 Å². The lowest BCUT2D eigenvalue weighted by atomic mass is 10.0. The molecule has 7 amide bonds. The zero-order valence-corrected chi connectivity index (χ0v) is 50.5. The highest BCUT2D eigenvalue weighted by Crippen LogP contribution is 2.26. The molecule has 19 heteroatoms. The summed E-state index contributed by atoms with van der Waals surface area (Å²) in [6.07, 6.45) is 2.37. The number of rotatable bonds is 0. The van der Waals surface area contributed by atoms with Crippen molar-refractivity contribution in [1.82, 2.24) is 44.9 Å². The minimum Gasteiger partial charge on any atom is -0.449 e. The minimum absolute atomic E-state index is 0.0145. The van der Waals surface area contributed by atoms with Gasteiger partial charge in [0.15, 0.2) is 0 Å². The van der Waals surface area contributed by atoms with Crippen LogP contribution in [0.5, 0.6) is 0 Å². The largest absolute Gasteiger partial charge is 0.449 e. The Morgan fingerprint density at radius 2 is 0.890 bits per heavy atom. The second-order valence-corrected chi connectivity index (χ2v) is 26.9. The Morgan fingerprint density at radius 3 is 1.16 bits per heavy atom. The molecule has 7 fully saturated rings. The lowest BCUT2D eigenvalue weighted by Crippen LogP contribution is -2.51. The van der Waals surface area contributed by atoms with E-state index in [1.807, 2.05) is 103 Å². The lowest BCUT2D eigenvalue weighted by molar-refractivity contribution is -0.148. The van der Waals surface area contributed by atoms with Crippen molar-refractivity contribution in [2.45, 2.75) is 203 Å². The summed E-state index contributed by atoms with van der Waals surface area (Å²) in [5.74, 6) is 1.37. The summed E-state index contributed by atoms with van der Waals surface area (Å²) in [5.41, 5.74) is 1.23. The number of nitrogens with zero attached hydrogens (tertiary/aromatic N) is 7. The van der Waals surface area contributed by atoms with Crippen LogP contribution in [0.2, 0.25) is 0 Å². The molecule has 7 aliphatic rings. The highest BCUT2D eigenvalue weighted by atomic mass is 32.2. The number of hydrogen-bond acceptors (Lipinski definition) is 12. The molecular formula is C54H103N9O9S. The van der Waals surface area contributed by atoms with Gasteiger partial charge in [-0.1, -0.05) is 18.3 Å². The Morgan fingerprint density at radius 1 is 0.452 bits per heavy atom. The van der Waals surface area contributed by atoms with Gasteiger partial charge in [-0.15, -0.1) is 0 Å². The van der Waals surface area contributed by atoms with Crippen LogP contribution < -0.4 is 10.6 Å². The third-order valence-electron chi connectivity index (χ3n) is 12.3. The quantitative estimate of drug-likeness (QED) is 0.236. The van der Waals surface area contributed by atoms with E-state index in [4.69, 9.17) is 14.2 Å². The average molecular weight is 1050 g/mol. The van der Waals surface area contributed by atoms with Crippen LogP contribution in [0.3, 0.4) is 0 Å². The predicted octanol–water partition coefficient (Wildman–Crippen LogP) is 8.88. The fourth-order valence-corrected chi connectivity index (χ4v) is 9.32. The second-order valence-electron chi connectivity index (χ2n) is 25.9. The van der Waals surface area contributed by atoms with Gasteiger partial charge in [-0.25, -0.2) is 14.4 Å². The first-order valence-electron chi connectivity index (χ1n) is 26.3. The van der Waals surface area contributed by atoms with Crippen LogP contribution in [-0.4, -0.2) is 206 Å². The van der Waals surface area contributed by atoms with Crippen LogP contribution >= 0.6 is 11.8 Å². The zero-order valence-electron chi connectivity index (χ0n) is 49.6. The van der Waals surface area contributed by atoms with Gasteiger partial charge in [0.05, 0.1) is 19.8 Å².